The summed E-state index contributed by atoms with van der Waals surface area (Å²) in [6.07, 6.45) is 1.52. The van der Waals surface area contributed by atoms with E-state index in [1.165, 1.54) is 25.0 Å². The fourth-order valence-corrected chi connectivity index (χ4v) is 2.98. The first-order valence-electron chi connectivity index (χ1n) is 9.16. The van der Waals surface area contributed by atoms with Crippen molar-refractivity contribution in [2.24, 2.45) is 0 Å². The van der Waals surface area contributed by atoms with Crippen LogP contribution in [-0.4, -0.2) is 39.9 Å². The first-order chi connectivity index (χ1) is 14.0. The molecule has 2 aromatic heterocycles. The van der Waals surface area contributed by atoms with Crippen LogP contribution in [0.4, 0.5) is 5.82 Å². The van der Waals surface area contributed by atoms with Crippen molar-refractivity contribution in [3.63, 3.8) is 0 Å². The highest BCUT2D eigenvalue weighted by atomic mass is 16.5. The van der Waals surface area contributed by atoms with E-state index in [9.17, 15) is 9.59 Å². The van der Waals surface area contributed by atoms with Gasteiger partial charge in [-0.05, 0) is 25.5 Å². The average Bonchev–Trinajstić information content (AvgIpc) is 3.07. The third kappa shape index (κ3) is 4.29. The summed E-state index contributed by atoms with van der Waals surface area (Å²) in [5.74, 6) is 0.972. The van der Waals surface area contributed by atoms with Gasteiger partial charge in [-0.15, -0.1) is 0 Å². The lowest BCUT2D eigenvalue weighted by Crippen LogP contribution is -2.19. The Bertz CT molecular complexity index is 1090. The molecule has 9 nitrogen and oxygen atoms in total. The van der Waals surface area contributed by atoms with Crippen LogP contribution in [0, 0.1) is 6.92 Å². The highest BCUT2D eigenvalue weighted by molar-refractivity contribution is 6.06. The van der Waals surface area contributed by atoms with Crippen molar-refractivity contribution in [2.75, 3.05) is 19.5 Å². The monoisotopic (exact) mass is 397 g/mol. The SMILES string of the molecule is CCCc1cc(=O)[nH]c(-n2nc(C)cc2NC(=O)c2cccc(OC)c2OC)n1. The van der Waals surface area contributed by atoms with Crippen LogP contribution in [0.3, 0.4) is 0 Å². The lowest BCUT2D eigenvalue weighted by Gasteiger charge is -2.13. The molecular weight excluding hydrogens is 374 g/mol. The van der Waals surface area contributed by atoms with Crippen LogP contribution in [0.5, 0.6) is 11.5 Å². The summed E-state index contributed by atoms with van der Waals surface area (Å²) in [5.41, 5.74) is 1.34. The van der Waals surface area contributed by atoms with Gasteiger partial charge >= 0.3 is 0 Å². The minimum atomic E-state index is -0.408. The van der Waals surface area contributed by atoms with Gasteiger partial charge in [0, 0.05) is 17.8 Å². The van der Waals surface area contributed by atoms with Gasteiger partial charge in [0.05, 0.1) is 25.5 Å². The zero-order valence-corrected chi connectivity index (χ0v) is 16.8. The largest absolute Gasteiger partial charge is 0.493 e. The number of aromatic amines is 1. The maximum Gasteiger partial charge on any atom is 0.260 e. The summed E-state index contributed by atoms with van der Waals surface area (Å²) >= 11 is 0. The van der Waals surface area contributed by atoms with E-state index in [4.69, 9.17) is 9.47 Å². The molecule has 0 aliphatic rings. The molecule has 3 aromatic rings. The number of H-pyrrole nitrogens is 1. The lowest BCUT2D eigenvalue weighted by molar-refractivity contribution is 0.102. The van der Waals surface area contributed by atoms with Crippen LogP contribution in [0.15, 0.2) is 35.1 Å². The second-order valence-electron chi connectivity index (χ2n) is 6.39. The van der Waals surface area contributed by atoms with Gasteiger partial charge < -0.3 is 14.8 Å². The first kappa shape index (κ1) is 20.1. The molecule has 1 aromatic carbocycles. The molecule has 9 heteroatoms. The highest BCUT2D eigenvalue weighted by Crippen LogP contribution is 2.31. The summed E-state index contributed by atoms with van der Waals surface area (Å²) in [6.45, 7) is 3.79. The van der Waals surface area contributed by atoms with E-state index in [0.717, 1.165) is 6.42 Å². The minimum Gasteiger partial charge on any atom is -0.493 e. The van der Waals surface area contributed by atoms with Crippen molar-refractivity contribution in [3.8, 4) is 17.4 Å². The van der Waals surface area contributed by atoms with Crippen molar-refractivity contribution in [1.82, 2.24) is 19.7 Å². The molecule has 0 aliphatic carbocycles. The van der Waals surface area contributed by atoms with E-state index in [1.807, 2.05) is 6.92 Å². The smallest absolute Gasteiger partial charge is 0.260 e. The Balaban J connectivity index is 1.99. The van der Waals surface area contributed by atoms with Crippen molar-refractivity contribution >= 4 is 11.7 Å². The topological polar surface area (TPSA) is 111 Å². The molecule has 0 saturated carbocycles. The van der Waals surface area contributed by atoms with Gasteiger partial charge in [0.15, 0.2) is 11.5 Å². The Morgan fingerprint density at radius 2 is 2.03 bits per heavy atom. The van der Waals surface area contributed by atoms with Crippen LogP contribution in [0.1, 0.15) is 35.1 Å². The Morgan fingerprint density at radius 1 is 1.24 bits per heavy atom. The highest BCUT2D eigenvalue weighted by Gasteiger charge is 2.19. The number of rotatable bonds is 7. The molecule has 0 aliphatic heterocycles. The Morgan fingerprint density at radius 3 is 2.72 bits per heavy atom. The van der Waals surface area contributed by atoms with Crippen LogP contribution in [0.25, 0.3) is 5.95 Å². The summed E-state index contributed by atoms with van der Waals surface area (Å²) in [7, 11) is 2.97. The molecule has 0 radical (unpaired) electrons. The fraction of sp³-hybridized carbons (Fsp3) is 0.300. The quantitative estimate of drug-likeness (QED) is 0.634. The molecule has 3 rings (SSSR count). The van der Waals surface area contributed by atoms with Crippen molar-refractivity contribution in [2.45, 2.75) is 26.7 Å². The second kappa shape index (κ2) is 8.59. The van der Waals surface area contributed by atoms with Crippen LogP contribution >= 0.6 is 0 Å². The number of carbonyl (C=O) groups is 1. The zero-order chi connectivity index (χ0) is 21.0. The zero-order valence-electron chi connectivity index (χ0n) is 16.8. The molecular formula is C20H23N5O4. The van der Waals surface area contributed by atoms with Gasteiger partial charge in [0.25, 0.3) is 11.5 Å². The Labute approximate surface area is 167 Å². The number of amides is 1. The van der Waals surface area contributed by atoms with Gasteiger partial charge in [-0.25, -0.2) is 4.98 Å². The Hall–Kier alpha value is -3.62. The van der Waals surface area contributed by atoms with Crippen molar-refractivity contribution < 1.29 is 14.3 Å². The van der Waals surface area contributed by atoms with Crippen LogP contribution < -0.4 is 20.3 Å². The summed E-state index contributed by atoms with van der Waals surface area (Å²) < 4.78 is 12.0. The number of aryl methyl sites for hydroxylation is 2. The molecule has 2 N–H and O–H groups in total. The number of para-hydroxylation sites is 1. The third-order valence-corrected chi connectivity index (χ3v) is 4.21. The molecule has 2 heterocycles. The number of hydrogen-bond donors (Lipinski definition) is 2. The van der Waals surface area contributed by atoms with E-state index in [1.54, 1.807) is 31.2 Å². The summed E-state index contributed by atoms with van der Waals surface area (Å²) in [5, 5.41) is 7.17. The van der Waals surface area contributed by atoms with Gasteiger partial charge in [-0.3, -0.25) is 14.6 Å². The van der Waals surface area contributed by atoms with E-state index >= 15 is 0 Å². The lowest BCUT2D eigenvalue weighted by atomic mass is 10.1. The maximum atomic E-state index is 12.9. The molecule has 0 unspecified atom stereocenters. The molecule has 0 fully saturated rings. The number of nitrogens with one attached hydrogen (secondary N) is 2. The number of ether oxygens (including phenoxy) is 2. The van der Waals surface area contributed by atoms with Crippen LogP contribution in [0.2, 0.25) is 0 Å². The first-order valence-corrected chi connectivity index (χ1v) is 9.16. The van der Waals surface area contributed by atoms with Crippen molar-refractivity contribution in [3.05, 3.63) is 57.6 Å². The number of hydrogen-bond acceptors (Lipinski definition) is 6. The van der Waals surface area contributed by atoms with Gasteiger partial charge in [-0.2, -0.15) is 9.78 Å². The van der Waals surface area contributed by atoms with E-state index in [0.29, 0.717) is 40.7 Å². The maximum absolute atomic E-state index is 12.9. The van der Waals surface area contributed by atoms with Crippen molar-refractivity contribution in [1.29, 1.82) is 0 Å². The van der Waals surface area contributed by atoms with E-state index in [-0.39, 0.29) is 11.5 Å². The molecule has 0 bridgehead atoms. The predicted molar refractivity (Wildman–Crippen MR) is 108 cm³/mol. The predicted octanol–water partition coefficient (Wildman–Crippen LogP) is 2.49. The van der Waals surface area contributed by atoms with E-state index < -0.39 is 5.91 Å². The number of anilines is 1. The number of benzene rings is 1. The molecule has 1 amide bonds. The second-order valence-corrected chi connectivity index (χ2v) is 6.39. The van der Waals surface area contributed by atoms with Gasteiger partial charge in [-0.1, -0.05) is 19.4 Å². The summed E-state index contributed by atoms with van der Waals surface area (Å²) in [4.78, 5) is 32.1. The standard InChI is InChI=1S/C20H23N5O4/c1-5-7-13-11-17(26)23-20(21-13)25-16(10-12(2)24-25)22-19(27)14-8-6-9-15(28-3)18(14)29-4/h6,8-11H,5,7H2,1-4H3,(H,22,27)(H,21,23,26). The number of methoxy groups -OCH3 is 2. The number of aromatic nitrogens is 4. The van der Waals surface area contributed by atoms with Crippen LogP contribution in [-0.2, 0) is 6.42 Å². The Kier molecular flexibility index (Phi) is 5.96. The number of carbonyl (C=O) groups excluding carboxylic acids is 1. The average molecular weight is 397 g/mol. The minimum absolute atomic E-state index is 0.238. The molecule has 0 atom stereocenters. The van der Waals surface area contributed by atoms with Gasteiger partial charge in [0.1, 0.15) is 5.82 Å². The third-order valence-electron chi connectivity index (χ3n) is 4.21. The molecule has 0 saturated heterocycles. The normalized spacial score (nSPS) is 10.6. The molecule has 29 heavy (non-hydrogen) atoms. The molecule has 152 valence electrons. The fourth-order valence-electron chi connectivity index (χ4n) is 2.98. The van der Waals surface area contributed by atoms with E-state index in [2.05, 4.69) is 20.4 Å². The number of nitrogens with zero attached hydrogens (tertiary/aromatic N) is 3. The van der Waals surface area contributed by atoms with Gasteiger partial charge in [0.2, 0.25) is 5.95 Å². The molecule has 0 spiro atoms. The summed E-state index contributed by atoms with van der Waals surface area (Å²) in [6, 6.07) is 8.19.